The fourth-order valence-electron chi connectivity index (χ4n) is 3.85. The van der Waals surface area contributed by atoms with Gasteiger partial charge in [0.05, 0.1) is 0 Å². The Labute approximate surface area is 139 Å². The van der Waals surface area contributed by atoms with Crippen molar-refractivity contribution in [2.24, 2.45) is 5.92 Å². The molecule has 4 heteroatoms. The van der Waals surface area contributed by atoms with E-state index in [1.54, 1.807) is 0 Å². The van der Waals surface area contributed by atoms with Crippen LogP contribution in [0.25, 0.3) is 0 Å². The van der Waals surface area contributed by atoms with E-state index in [1.165, 1.54) is 5.56 Å². The van der Waals surface area contributed by atoms with Crippen LogP contribution in [0.3, 0.4) is 0 Å². The Balaban J connectivity index is 1.80. The molecule has 126 valence electrons. The lowest BCUT2D eigenvalue weighted by molar-refractivity contribution is -0.134. The Kier molecular flexibility index (Phi) is 4.62. The van der Waals surface area contributed by atoms with Gasteiger partial charge in [0.2, 0.25) is 5.91 Å². The molecule has 3 rings (SSSR count). The molecule has 1 aromatic carbocycles. The second kappa shape index (κ2) is 6.52. The van der Waals surface area contributed by atoms with Crippen LogP contribution in [0.1, 0.15) is 38.7 Å². The quantitative estimate of drug-likeness (QED) is 0.798. The van der Waals surface area contributed by atoms with E-state index < -0.39 is 0 Å². The molecule has 1 atom stereocenters. The summed E-state index contributed by atoms with van der Waals surface area (Å²) in [6, 6.07) is 8.35. The topological polar surface area (TPSA) is 32.8 Å². The molecule has 1 unspecified atom stereocenters. The number of rotatable bonds is 1. The zero-order chi connectivity index (χ0) is 16.4. The number of hydrogen-bond acceptors (Lipinski definition) is 3. The number of likely N-dealkylation sites (tertiary alicyclic amines) is 1. The Bertz CT molecular complexity index is 572. The predicted octanol–water partition coefficient (Wildman–Crippen LogP) is 2.92. The zero-order valence-corrected chi connectivity index (χ0v) is 14.5. The smallest absolute Gasteiger partial charge is 0.225 e. The van der Waals surface area contributed by atoms with Crippen molar-refractivity contribution in [3.05, 3.63) is 29.8 Å². The maximum absolute atomic E-state index is 12.3. The minimum absolute atomic E-state index is 0.0718. The first kappa shape index (κ1) is 16.3. The van der Waals surface area contributed by atoms with Crippen LogP contribution in [0, 0.1) is 5.92 Å². The van der Waals surface area contributed by atoms with Crippen LogP contribution < -0.4 is 4.74 Å². The van der Waals surface area contributed by atoms with Crippen molar-refractivity contribution < 1.29 is 9.53 Å². The summed E-state index contributed by atoms with van der Waals surface area (Å²) in [6.07, 6.45) is 2.92. The van der Waals surface area contributed by atoms with E-state index in [9.17, 15) is 4.79 Å². The lowest BCUT2D eigenvalue weighted by atomic mass is 9.94. The summed E-state index contributed by atoms with van der Waals surface area (Å²) in [7, 11) is 2.16. The van der Waals surface area contributed by atoms with Crippen molar-refractivity contribution in [1.82, 2.24) is 9.80 Å². The summed E-state index contributed by atoms with van der Waals surface area (Å²) in [5.41, 5.74) is 1.08. The van der Waals surface area contributed by atoms with Crippen LogP contribution in [0.2, 0.25) is 0 Å². The van der Waals surface area contributed by atoms with Gasteiger partial charge in [0.1, 0.15) is 11.4 Å². The van der Waals surface area contributed by atoms with Gasteiger partial charge in [-0.15, -0.1) is 0 Å². The number of carbonyl (C=O) groups excluding carboxylic acids is 1. The average molecular weight is 316 g/mol. The highest BCUT2D eigenvalue weighted by molar-refractivity contribution is 5.78. The summed E-state index contributed by atoms with van der Waals surface area (Å²) in [4.78, 5) is 16.7. The van der Waals surface area contributed by atoms with Gasteiger partial charge < -0.3 is 9.64 Å². The number of carbonyl (C=O) groups is 1. The summed E-state index contributed by atoms with van der Waals surface area (Å²) >= 11 is 0. The lowest BCUT2D eigenvalue weighted by Crippen LogP contribution is -2.45. The maximum Gasteiger partial charge on any atom is 0.225 e. The van der Waals surface area contributed by atoms with E-state index in [4.69, 9.17) is 4.74 Å². The van der Waals surface area contributed by atoms with Gasteiger partial charge in [0.25, 0.3) is 0 Å². The molecule has 1 aromatic rings. The molecular formula is C19H28N2O2. The fraction of sp³-hybridized carbons (Fsp3) is 0.632. The van der Waals surface area contributed by atoms with Crippen LogP contribution in [-0.4, -0.2) is 48.0 Å². The van der Waals surface area contributed by atoms with Gasteiger partial charge in [-0.1, -0.05) is 32.0 Å². The van der Waals surface area contributed by atoms with Crippen molar-refractivity contribution in [2.45, 2.75) is 45.3 Å². The molecule has 2 heterocycles. The first-order chi connectivity index (χ1) is 11.0. The zero-order valence-electron chi connectivity index (χ0n) is 14.5. The van der Waals surface area contributed by atoms with Crippen LogP contribution in [-0.2, 0) is 11.3 Å². The summed E-state index contributed by atoms with van der Waals surface area (Å²) in [6.45, 7) is 7.46. The van der Waals surface area contributed by atoms with Crippen LogP contribution >= 0.6 is 0 Å². The average Bonchev–Trinajstić information content (AvgIpc) is 2.79. The molecule has 0 N–H and O–H groups in total. The molecule has 4 nitrogen and oxygen atoms in total. The van der Waals surface area contributed by atoms with Crippen LogP contribution in [0.5, 0.6) is 5.75 Å². The standard InChI is InChI=1S/C19H28N2O2/c1-15(2)18(22)21-11-6-9-19(10-12-21)14-20(3)13-16-7-4-5-8-17(16)23-19/h4-5,7-8,15H,6,9-14H2,1-3H3. The molecular weight excluding hydrogens is 288 g/mol. The highest BCUT2D eigenvalue weighted by Gasteiger charge is 2.39. The molecule has 0 bridgehead atoms. The highest BCUT2D eigenvalue weighted by Crippen LogP contribution is 2.35. The summed E-state index contributed by atoms with van der Waals surface area (Å²) in [5, 5.41) is 0. The van der Waals surface area contributed by atoms with E-state index in [-0.39, 0.29) is 17.4 Å². The number of likely N-dealkylation sites (N-methyl/N-ethyl adjacent to an activating group) is 1. The van der Waals surface area contributed by atoms with Crippen molar-refractivity contribution in [3.8, 4) is 5.75 Å². The Morgan fingerprint density at radius 2 is 2.00 bits per heavy atom. The van der Waals surface area contributed by atoms with Gasteiger partial charge in [-0.2, -0.15) is 0 Å². The molecule has 0 aliphatic carbocycles. The number of hydrogen-bond donors (Lipinski definition) is 0. The molecule has 23 heavy (non-hydrogen) atoms. The minimum Gasteiger partial charge on any atom is -0.486 e. The monoisotopic (exact) mass is 316 g/mol. The number of amides is 1. The fourth-order valence-corrected chi connectivity index (χ4v) is 3.85. The van der Waals surface area contributed by atoms with Gasteiger partial charge in [-0.05, 0) is 26.0 Å². The maximum atomic E-state index is 12.3. The number of ether oxygens (including phenoxy) is 1. The molecule has 1 amide bonds. The number of para-hydroxylation sites is 1. The second-order valence-corrected chi connectivity index (χ2v) is 7.40. The molecule has 2 aliphatic rings. The Morgan fingerprint density at radius 3 is 2.78 bits per heavy atom. The Hall–Kier alpha value is -1.55. The van der Waals surface area contributed by atoms with Gasteiger partial charge >= 0.3 is 0 Å². The third-order valence-electron chi connectivity index (χ3n) is 5.00. The molecule has 0 saturated carbocycles. The van der Waals surface area contributed by atoms with Crippen molar-refractivity contribution in [1.29, 1.82) is 0 Å². The molecule has 0 radical (unpaired) electrons. The van der Waals surface area contributed by atoms with Gasteiger partial charge in [-0.25, -0.2) is 0 Å². The SMILES string of the molecule is CC(C)C(=O)N1CCCC2(CC1)CN(C)Cc1ccccc1O2. The van der Waals surface area contributed by atoms with E-state index in [1.807, 2.05) is 24.8 Å². The summed E-state index contributed by atoms with van der Waals surface area (Å²) < 4.78 is 6.54. The first-order valence-corrected chi connectivity index (χ1v) is 8.73. The molecule has 0 aromatic heterocycles. The third-order valence-corrected chi connectivity index (χ3v) is 5.00. The normalized spacial score (nSPS) is 25.7. The first-order valence-electron chi connectivity index (χ1n) is 8.73. The molecule has 1 spiro atoms. The van der Waals surface area contributed by atoms with Crippen LogP contribution in [0.15, 0.2) is 24.3 Å². The van der Waals surface area contributed by atoms with Crippen LogP contribution in [0.4, 0.5) is 0 Å². The van der Waals surface area contributed by atoms with Crippen molar-refractivity contribution in [3.63, 3.8) is 0 Å². The molecule has 1 fully saturated rings. The largest absolute Gasteiger partial charge is 0.486 e. The van der Waals surface area contributed by atoms with Gasteiger partial charge in [0.15, 0.2) is 0 Å². The molecule has 2 aliphatic heterocycles. The third kappa shape index (κ3) is 3.52. The highest BCUT2D eigenvalue weighted by atomic mass is 16.5. The minimum atomic E-state index is -0.173. The Morgan fingerprint density at radius 1 is 1.22 bits per heavy atom. The number of fused-ring (bicyclic) bond motifs is 1. The van der Waals surface area contributed by atoms with E-state index in [0.717, 1.165) is 51.2 Å². The van der Waals surface area contributed by atoms with E-state index in [2.05, 4.69) is 30.1 Å². The lowest BCUT2D eigenvalue weighted by Gasteiger charge is -2.34. The second-order valence-electron chi connectivity index (χ2n) is 7.40. The molecule has 1 saturated heterocycles. The van der Waals surface area contributed by atoms with E-state index >= 15 is 0 Å². The van der Waals surface area contributed by atoms with E-state index in [0.29, 0.717) is 0 Å². The van der Waals surface area contributed by atoms with Gasteiger partial charge in [0, 0.05) is 44.1 Å². The van der Waals surface area contributed by atoms with Gasteiger partial charge in [-0.3, -0.25) is 9.69 Å². The van der Waals surface area contributed by atoms with Crippen molar-refractivity contribution in [2.75, 3.05) is 26.7 Å². The van der Waals surface area contributed by atoms with Crippen molar-refractivity contribution >= 4 is 5.91 Å². The number of nitrogens with zero attached hydrogens (tertiary/aromatic N) is 2. The number of benzene rings is 1. The predicted molar refractivity (Wildman–Crippen MR) is 91.4 cm³/mol. The summed E-state index contributed by atoms with van der Waals surface area (Å²) in [5.74, 6) is 1.35.